The van der Waals surface area contributed by atoms with Crippen molar-refractivity contribution in [1.82, 2.24) is 0 Å². The first-order chi connectivity index (χ1) is 3.41. The Balaban J connectivity index is 2.45. The fraction of sp³-hybridized carbons (Fsp3) is 1.00. The minimum Gasteiger partial charge on any atom is -0.378 e. The maximum absolute atomic E-state index is 9.66. The Morgan fingerprint density at radius 1 is 1.43 bits per heavy atom. The van der Waals surface area contributed by atoms with Crippen molar-refractivity contribution in [2.45, 2.75) is 0 Å². The third-order valence-corrected chi connectivity index (χ3v) is 0.773. The zero-order valence-corrected chi connectivity index (χ0v) is 5.61. The molecule has 43 valence electrons. The number of hydrogen-bond donors (Lipinski definition) is 0. The first-order valence-electron chi connectivity index (χ1n) is 2.13. The van der Waals surface area contributed by atoms with Crippen LogP contribution in [0.4, 0.5) is 0 Å². The van der Waals surface area contributed by atoms with Crippen LogP contribution < -0.4 is 0 Å². The Labute approximate surface area is 51.6 Å². The highest BCUT2D eigenvalue weighted by molar-refractivity contribution is 9.09. The van der Waals surface area contributed by atoms with Crippen LogP contribution in [0.25, 0.3) is 0 Å². The number of alkyl halides is 1. The monoisotopic (exact) mass is 167 g/mol. The predicted molar refractivity (Wildman–Crippen MR) is 30.2 cm³/mol. The summed E-state index contributed by atoms with van der Waals surface area (Å²) in [5.74, 6) is 0. The molecule has 1 radical (unpaired) electrons. The van der Waals surface area contributed by atoms with Gasteiger partial charge in [0, 0.05) is 5.33 Å². The van der Waals surface area contributed by atoms with Gasteiger partial charge in [-0.15, -0.1) is 0 Å². The number of hydrogen-bond acceptors (Lipinski definition) is 1. The number of rotatable bonds is 4. The van der Waals surface area contributed by atoms with Crippen molar-refractivity contribution in [3.63, 3.8) is 0 Å². The molecule has 0 unspecified atom stereocenters. The fourth-order valence-corrected chi connectivity index (χ4v) is 0.444. The molecule has 0 spiro atoms. The first kappa shape index (κ1) is 7.40. The largest absolute Gasteiger partial charge is 0.378 e. The van der Waals surface area contributed by atoms with E-state index in [1.165, 1.54) is 0 Å². The highest BCUT2D eigenvalue weighted by atomic mass is 79.9. The lowest BCUT2D eigenvalue weighted by atomic mass is 10.8. The fourth-order valence-electron chi connectivity index (χ4n) is 0.216. The Bertz CT molecular complexity index is 28.9. The van der Waals surface area contributed by atoms with Gasteiger partial charge in [-0.05, 0) is 0 Å². The Hall–Kier alpha value is 0.400. The van der Waals surface area contributed by atoms with E-state index in [0.29, 0.717) is 13.2 Å². The number of ether oxygens (including phenoxy) is 1. The van der Waals surface area contributed by atoms with E-state index in [-0.39, 0.29) is 6.61 Å². The van der Waals surface area contributed by atoms with Gasteiger partial charge in [0.05, 0.1) is 13.2 Å². The molecular weight excluding hydrogens is 160 g/mol. The maximum atomic E-state index is 9.66. The molecule has 7 heavy (non-hydrogen) atoms. The molecule has 0 aromatic rings. The van der Waals surface area contributed by atoms with Gasteiger partial charge in [0.1, 0.15) is 6.61 Å². The summed E-state index contributed by atoms with van der Waals surface area (Å²) < 4.78 is 4.77. The molecule has 3 heteroatoms. The van der Waals surface area contributed by atoms with Gasteiger partial charge in [-0.3, -0.25) is 0 Å². The normalized spacial score (nSPS) is 9.43. The highest BCUT2D eigenvalue weighted by Crippen LogP contribution is 1.79. The van der Waals surface area contributed by atoms with E-state index in [9.17, 15) is 5.11 Å². The lowest BCUT2D eigenvalue weighted by Crippen LogP contribution is -1.99. The van der Waals surface area contributed by atoms with Crippen molar-refractivity contribution in [3.05, 3.63) is 0 Å². The van der Waals surface area contributed by atoms with Crippen molar-refractivity contribution >= 4 is 15.9 Å². The summed E-state index contributed by atoms with van der Waals surface area (Å²) >= 11 is 3.15. The van der Waals surface area contributed by atoms with Crippen LogP contribution in [0.1, 0.15) is 0 Å². The molecule has 0 aromatic carbocycles. The topological polar surface area (TPSA) is 29.1 Å². The van der Waals surface area contributed by atoms with Crippen LogP contribution >= 0.6 is 15.9 Å². The summed E-state index contributed by atoms with van der Waals surface area (Å²) in [7, 11) is 0. The zero-order valence-electron chi connectivity index (χ0n) is 4.02. The van der Waals surface area contributed by atoms with Gasteiger partial charge in [-0.2, -0.15) is 0 Å². The number of halogens is 1. The smallest absolute Gasteiger partial charge is 0.106 e. The third-order valence-electron chi connectivity index (χ3n) is 0.449. The molecule has 2 nitrogen and oxygen atoms in total. The van der Waals surface area contributed by atoms with E-state index in [1.807, 2.05) is 0 Å². The Kier molecular flexibility index (Phi) is 6.77. The SMILES string of the molecule is [O]CCOCCBr. The Morgan fingerprint density at radius 2 is 2.14 bits per heavy atom. The molecule has 0 fully saturated rings. The van der Waals surface area contributed by atoms with E-state index in [1.54, 1.807) is 0 Å². The average Bonchev–Trinajstić information content (AvgIpc) is 1.69. The van der Waals surface area contributed by atoms with Crippen LogP contribution in [0.2, 0.25) is 0 Å². The summed E-state index contributed by atoms with van der Waals surface area (Å²) in [4.78, 5) is 0. The summed E-state index contributed by atoms with van der Waals surface area (Å²) in [6, 6.07) is 0. The third kappa shape index (κ3) is 6.40. The van der Waals surface area contributed by atoms with Gasteiger partial charge in [0.15, 0.2) is 0 Å². The van der Waals surface area contributed by atoms with Crippen molar-refractivity contribution in [3.8, 4) is 0 Å². The molecule has 0 aromatic heterocycles. The molecule has 0 aliphatic heterocycles. The second kappa shape index (κ2) is 6.40. The molecule has 0 saturated heterocycles. The molecule has 0 bridgehead atoms. The van der Waals surface area contributed by atoms with Crippen LogP contribution in [-0.4, -0.2) is 25.2 Å². The average molecular weight is 168 g/mol. The van der Waals surface area contributed by atoms with Crippen LogP contribution in [0, 0.1) is 0 Å². The molecule has 0 rings (SSSR count). The second-order valence-electron chi connectivity index (χ2n) is 1.01. The molecular formula is C4H8BrO2. The van der Waals surface area contributed by atoms with Crippen LogP contribution in [0.5, 0.6) is 0 Å². The van der Waals surface area contributed by atoms with Gasteiger partial charge < -0.3 is 4.74 Å². The van der Waals surface area contributed by atoms with Gasteiger partial charge >= 0.3 is 0 Å². The quantitative estimate of drug-likeness (QED) is 0.451. The van der Waals surface area contributed by atoms with E-state index < -0.39 is 0 Å². The first-order valence-corrected chi connectivity index (χ1v) is 3.25. The molecule has 0 saturated carbocycles. The lowest BCUT2D eigenvalue weighted by Gasteiger charge is -1.93. The van der Waals surface area contributed by atoms with Gasteiger partial charge in [-0.1, -0.05) is 15.9 Å². The van der Waals surface area contributed by atoms with Gasteiger partial charge in [0.2, 0.25) is 0 Å². The molecule has 0 amide bonds. The molecule has 0 N–H and O–H groups in total. The minimum atomic E-state index is -0.132. The lowest BCUT2D eigenvalue weighted by molar-refractivity contribution is 0.0722. The molecule has 0 atom stereocenters. The maximum Gasteiger partial charge on any atom is 0.106 e. The van der Waals surface area contributed by atoms with E-state index in [2.05, 4.69) is 15.9 Å². The van der Waals surface area contributed by atoms with Crippen LogP contribution in [0.3, 0.4) is 0 Å². The van der Waals surface area contributed by atoms with Crippen molar-refractivity contribution in [1.29, 1.82) is 0 Å². The van der Waals surface area contributed by atoms with E-state index in [0.717, 1.165) is 5.33 Å². The van der Waals surface area contributed by atoms with Crippen LogP contribution in [-0.2, 0) is 9.84 Å². The minimum absolute atomic E-state index is 0.132. The van der Waals surface area contributed by atoms with E-state index >= 15 is 0 Å². The highest BCUT2D eigenvalue weighted by Gasteiger charge is 1.80. The van der Waals surface area contributed by atoms with E-state index in [4.69, 9.17) is 4.74 Å². The predicted octanol–water partition coefficient (Wildman–Crippen LogP) is 0.828. The molecule has 0 aliphatic rings. The van der Waals surface area contributed by atoms with Crippen LogP contribution in [0.15, 0.2) is 0 Å². The summed E-state index contributed by atoms with van der Waals surface area (Å²) in [5.41, 5.74) is 0. The molecule has 0 heterocycles. The standard InChI is InChI=1S/C4H8BrO2/c5-1-3-7-4-2-6/h1-4H2. The van der Waals surface area contributed by atoms with Gasteiger partial charge in [0.25, 0.3) is 0 Å². The second-order valence-corrected chi connectivity index (χ2v) is 1.80. The van der Waals surface area contributed by atoms with Gasteiger partial charge in [-0.25, -0.2) is 5.11 Å². The summed E-state index contributed by atoms with van der Waals surface area (Å²) in [6.07, 6.45) is 0. The molecule has 0 aliphatic carbocycles. The van der Waals surface area contributed by atoms with Crippen molar-refractivity contribution in [2.24, 2.45) is 0 Å². The van der Waals surface area contributed by atoms with Crippen molar-refractivity contribution < 1.29 is 9.84 Å². The van der Waals surface area contributed by atoms with Crippen molar-refractivity contribution in [2.75, 3.05) is 25.2 Å². The zero-order chi connectivity index (χ0) is 5.54. The Morgan fingerprint density at radius 3 is 2.57 bits per heavy atom. The summed E-state index contributed by atoms with van der Waals surface area (Å²) in [5, 5.41) is 10.5. The summed E-state index contributed by atoms with van der Waals surface area (Å²) in [6.45, 7) is 0.848.